The maximum Gasteiger partial charge on any atom is 0.253 e. The Morgan fingerprint density at radius 3 is 2.74 bits per heavy atom. The van der Waals surface area contributed by atoms with Crippen molar-refractivity contribution in [3.63, 3.8) is 0 Å². The van der Waals surface area contributed by atoms with E-state index in [0.717, 1.165) is 36.9 Å². The summed E-state index contributed by atoms with van der Waals surface area (Å²) >= 11 is 0. The fourth-order valence-electron chi connectivity index (χ4n) is 3.36. The summed E-state index contributed by atoms with van der Waals surface area (Å²) in [4.78, 5) is 12.1. The van der Waals surface area contributed by atoms with Crippen molar-refractivity contribution in [2.75, 3.05) is 11.9 Å². The number of amides is 1. The highest BCUT2D eigenvalue weighted by atomic mass is 32.2. The zero-order valence-corrected chi connectivity index (χ0v) is 14.3. The Hall–Kier alpha value is -1.20. The van der Waals surface area contributed by atoms with Crippen molar-refractivity contribution in [3.8, 4) is 0 Å². The molecule has 0 aromatic heterocycles. The van der Waals surface area contributed by atoms with E-state index in [1.807, 2.05) is 24.3 Å². The Morgan fingerprint density at radius 1 is 1.17 bits per heavy atom. The summed E-state index contributed by atoms with van der Waals surface area (Å²) in [6.45, 7) is 0.665. The SMILES string of the molecule is O=C(Nc1cccc(CS(=O)C2CCCCC2)c1)C1CCCO1. The molecule has 1 N–H and O–H groups in total. The summed E-state index contributed by atoms with van der Waals surface area (Å²) in [5, 5.41) is 3.26. The van der Waals surface area contributed by atoms with E-state index in [1.54, 1.807) is 0 Å². The first-order valence-corrected chi connectivity index (χ1v) is 9.99. The summed E-state index contributed by atoms with van der Waals surface area (Å²) in [6, 6.07) is 7.72. The maximum atomic E-state index is 12.5. The molecule has 2 atom stereocenters. The van der Waals surface area contributed by atoms with Gasteiger partial charge in [0.15, 0.2) is 0 Å². The second kappa shape index (κ2) is 8.06. The monoisotopic (exact) mass is 335 g/mol. The molecule has 3 rings (SSSR count). The number of carbonyl (C=O) groups excluding carboxylic acids is 1. The van der Waals surface area contributed by atoms with Crippen LogP contribution in [0.3, 0.4) is 0 Å². The van der Waals surface area contributed by atoms with Crippen molar-refractivity contribution in [2.24, 2.45) is 0 Å². The van der Waals surface area contributed by atoms with Gasteiger partial charge in [-0.25, -0.2) is 0 Å². The first-order valence-electron chi connectivity index (χ1n) is 8.61. The summed E-state index contributed by atoms with van der Waals surface area (Å²) < 4.78 is 17.9. The quantitative estimate of drug-likeness (QED) is 0.897. The Labute approximate surface area is 140 Å². The number of rotatable bonds is 5. The molecular formula is C18H25NO3S. The van der Waals surface area contributed by atoms with Gasteiger partial charge in [-0.1, -0.05) is 31.4 Å². The van der Waals surface area contributed by atoms with Gasteiger partial charge in [0, 0.05) is 34.1 Å². The minimum absolute atomic E-state index is 0.0759. The van der Waals surface area contributed by atoms with Crippen LogP contribution in [-0.4, -0.2) is 28.1 Å². The molecular weight excluding hydrogens is 310 g/mol. The number of hydrogen-bond donors (Lipinski definition) is 1. The first kappa shape index (κ1) is 16.7. The Morgan fingerprint density at radius 2 is 2.00 bits per heavy atom. The van der Waals surface area contributed by atoms with E-state index in [1.165, 1.54) is 19.3 Å². The third-order valence-electron chi connectivity index (χ3n) is 4.65. The Kier molecular flexibility index (Phi) is 5.84. The molecule has 1 aromatic carbocycles. The molecule has 0 radical (unpaired) electrons. The lowest BCUT2D eigenvalue weighted by Crippen LogP contribution is -2.26. The van der Waals surface area contributed by atoms with E-state index in [4.69, 9.17) is 4.74 Å². The van der Waals surface area contributed by atoms with Gasteiger partial charge < -0.3 is 10.1 Å². The van der Waals surface area contributed by atoms with Crippen molar-refractivity contribution in [1.82, 2.24) is 0 Å². The number of ether oxygens (including phenoxy) is 1. The van der Waals surface area contributed by atoms with Gasteiger partial charge in [-0.05, 0) is 43.4 Å². The molecule has 23 heavy (non-hydrogen) atoms. The van der Waals surface area contributed by atoms with Crippen LogP contribution in [0.1, 0.15) is 50.5 Å². The van der Waals surface area contributed by atoms with Crippen molar-refractivity contribution in [1.29, 1.82) is 0 Å². The highest BCUT2D eigenvalue weighted by Gasteiger charge is 2.24. The highest BCUT2D eigenvalue weighted by molar-refractivity contribution is 7.84. The number of anilines is 1. The minimum Gasteiger partial charge on any atom is -0.368 e. The van der Waals surface area contributed by atoms with Gasteiger partial charge in [0.05, 0.1) is 0 Å². The van der Waals surface area contributed by atoms with E-state index >= 15 is 0 Å². The van der Waals surface area contributed by atoms with E-state index in [0.29, 0.717) is 17.6 Å². The molecule has 126 valence electrons. The standard InChI is InChI=1S/C18H25NO3S/c20-18(17-10-5-11-22-17)19-15-7-4-6-14(12-15)13-23(21)16-8-2-1-3-9-16/h4,6-7,12,16-17H,1-3,5,8-11,13H2,(H,19,20). The van der Waals surface area contributed by atoms with Crippen LogP contribution in [0.15, 0.2) is 24.3 Å². The number of hydrogen-bond acceptors (Lipinski definition) is 3. The van der Waals surface area contributed by atoms with Crippen LogP contribution in [0.4, 0.5) is 5.69 Å². The number of carbonyl (C=O) groups is 1. The first-order chi connectivity index (χ1) is 11.2. The van der Waals surface area contributed by atoms with Crippen LogP contribution in [0.25, 0.3) is 0 Å². The predicted octanol–water partition coefficient (Wildman–Crippen LogP) is 3.39. The smallest absolute Gasteiger partial charge is 0.253 e. The fraction of sp³-hybridized carbons (Fsp3) is 0.611. The molecule has 1 amide bonds. The molecule has 2 unspecified atom stereocenters. The largest absolute Gasteiger partial charge is 0.368 e. The average Bonchev–Trinajstić information content (AvgIpc) is 3.10. The second-order valence-corrected chi connectivity index (χ2v) is 8.19. The topological polar surface area (TPSA) is 55.4 Å². The van der Waals surface area contributed by atoms with Crippen molar-refractivity contribution in [2.45, 2.75) is 62.1 Å². The summed E-state index contributed by atoms with van der Waals surface area (Å²) in [6.07, 6.45) is 7.26. The highest BCUT2D eigenvalue weighted by Crippen LogP contribution is 2.24. The van der Waals surface area contributed by atoms with Gasteiger partial charge in [-0.3, -0.25) is 9.00 Å². The van der Waals surface area contributed by atoms with Crippen molar-refractivity contribution < 1.29 is 13.7 Å². The molecule has 1 aliphatic heterocycles. The van der Waals surface area contributed by atoms with Crippen LogP contribution >= 0.6 is 0 Å². The Balaban J connectivity index is 1.58. The van der Waals surface area contributed by atoms with Crippen molar-refractivity contribution >= 4 is 22.4 Å². The third-order valence-corrected chi connectivity index (χ3v) is 6.48. The summed E-state index contributed by atoms with van der Waals surface area (Å²) in [7, 11) is -0.818. The molecule has 2 aliphatic rings. The predicted molar refractivity (Wildman–Crippen MR) is 92.8 cm³/mol. The zero-order valence-electron chi connectivity index (χ0n) is 13.5. The van der Waals surface area contributed by atoms with Crippen LogP contribution in [0, 0.1) is 0 Å². The zero-order chi connectivity index (χ0) is 16.1. The molecule has 1 heterocycles. The maximum absolute atomic E-state index is 12.5. The lowest BCUT2D eigenvalue weighted by atomic mass is 10.0. The van der Waals surface area contributed by atoms with E-state index in [-0.39, 0.29) is 12.0 Å². The third kappa shape index (κ3) is 4.64. The Bertz CT molecular complexity index is 563. The molecule has 4 nitrogen and oxygen atoms in total. The number of benzene rings is 1. The molecule has 1 aliphatic carbocycles. The molecule has 0 spiro atoms. The van der Waals surface area contributed by atoms with Gasteiger partial charge in [-0.15, -0.1) is 0 Å². The van der Waals surface area contributed by atoms with Crippen LogP contribution < -0.4 is 5.32 Å². The van der Waals surface area contributed by atoms with Gasteiger partial charge in [0.1, 0.15) is 6.10 Å². The van der Waals surface area contributed by atoms with Crippen LogP contribution in [0.5, 0.6) is 0 Å². The minimum atomic E-state index is -0.818. The molecule has 2 fully saturated rings. The van der Waals surface area contributed by atoms with Gasteiger partial charge >= 0.3 is 0 Å². The molecule has 5 heteroatoms. The fourth-order valence-corrected chi connectivity index (χ4v) is 4.96. The second-order valence-electron chi connectivity index (χ2n) is 6.48. The summed E-state index contributed by atoms with van der Waals surface area (Å²) in [5.41, 5.74) is 1.79. The van der Waals surface area contributed by atoms with Gasteiger partial charge in [0.25, 0.3) is 5.91 Å². The van der Waals surface area contributed by atoms with E-state index in [9.17, 15) is 9.00 Å². The lowest BCUT2D eigenvalue weighted by Gasteiger charge is -2.21. The molecule has 1 aromatic rings. The van der Waals surface area contributed by atoms with Gasteiger partial charge in [0.2, 0.25) is 0 Å². The normalized spacial score (nSPS) is 23.6. The molecule has 1 saturated carbocycles. The van der Waals surface area contributed by atoms with E-state index in [2.05, 4.69) is 5.32 Å². The number of nitrogens with one attached hydrogen (secondary N) is 1. The van der Waals surface area contributed by atoms with Gasteiger partial charge in [-0.2, -0.15) is 0 Å². The lowest BCUT2D eigenvalue weighted by molar-refractivity contribution is -0.124. The van der Waals surface area contributed by atoms with Crippen LogP contribution in [-0.2, 0) is 26.1 Å². The van der Waals surface area contributed by atoms with Crippen molar-refractivity contribution in [3.05, 3.63) is 29.8 Å². The average molecular weight is 335 g/mol. The summed E-state index contributed by atoms with van der Waals surface area (Å²) in [5.74, 6) is 0.502. The molecule has 1 saturated heterocycles. The van der Waals surface area contributed by atoms with Crippen LogP contribution in [0.2, 0.25) is 0 Å². The molecule has 0 bridgehead atoms. The van der Waals surface area contributed by atoms with E-state index < -0.39 is 10.8 Å².